The average molecular weight is 269 g/mol. The van der Waals surface area contributed by atoms with Gasteiger partial charge in [0.25, 0.3) is 0 Å². The lowest BCUT2D eigenvalue weighted by Crippen LogP contribution is -2.21. The van der Waals surface area contributed by atoms with Crippen LogP contribution in [0.2, 0.25) is 5.02 Å². The van der Waals surface area contributed by atoms with E-state index in [1.807, 2.05) is 0 Å². The van der Waals surface area contributed by atoms with Crippen LogP contribution in [0.25, 0.3) is 0 Å². The van der Waals surface area contributed by atoms with Crippen LogP contribution in [0, 0.1) is 0 Å². The fraction of sp³-hybridized carbons (Fsp3) is 0.500. The molecular weight excluding hydrogens is 252 g/mol. The van der Waals surface area contributed by atoms with E-state index in [0.29, 0.717) is 16.3 Å². The number of hydrogen-bond donors (Lipinski definition) is 0. The number of methoxy groups -OCH3 is 1. The molecule has 1 aromatic rings. The highest BCUT2D eigenvalue weighted by atomic mass is 35.5. The van der Waals surface area contributed by atoms with Crippen molar-refractivity contribution in [2.45, 2.75) is 38.2 Å². The summed E-state index contributed by atoms with van der Waals surface area (Å²) in [5, 5.41) is 0.543. The van der Waals surface area contributed by atoms with E-state index >= 15 is 0 Å². The smallest absolute Gasteiger partial charge is 0.342 e. The first-order valence-corrected chi connectivity index (χ1v) is 6.63. The van der Waals surface area contributed by atoms with Crippen LogP contribution in [0.4, 0.5) is 0 Å². The van der Waals surface area contributed by atoms with Crippen molar-refractivity contribution in [3.05, 3.63) is 28.8 Å². The molecule has 0 aromatic heterocycles. The van der Waals surface area contributed by atoms with E-state index in [-0.39, 0.29) is 12.1 Å². The maximum Gasteiger partial charge on any atom is 0.342 e. The maximum atomic E-state index is 12.1. The average Bonchev–Trinajstić information content (AvgIpc) is 2.39. The molecule has 18 heavy (non-hydrogen) atoms. The lowest BCUT2D eigenvalue weighted by atomic mass is 9.98. The zero-order valence-electron chi connectivity index (χ0n) is 10.4. The molecule has 1 aliphatic carbocycles. The predicted molar refractivity (Wildman–Crippen MR) is 70.3 cm³/mol. The third kappa shape index (κ3) is 3.16. The highest BCUT2D eigenvalue weighted by Crippen LogP contribution is 2.26. The molecule has 0 amide bonds. The highest BCUT2D eigenvalue weighted by molar-refractivity contribution is 6.30. The van der Waals surface area contributed by atoms with Gasteiger partial charge in [0, 0.05) is 5.02 Å². The van der Waals surface area contributed by atoms with E-state index in [1.165, 1.54) is 13.5 Å². The monoisotopic (exact) mass is 268 g/mol. The SMILES string of the molecule is COc1cc(Cl)ccc1C(=O)OC1CCCCC1. The van der Waals surface area contributed by atoms with Crippen LogP contribution in [-0.4, -0.2) is 19.2 Å². The minimum atomic E-state index is -0.324. The Labute approximate surface area is 112 Å². The lowest BCUT2D eigenvalue weighted by Gasteiger charge is -2.22. The van der Waals surface area contributed by atoms with Crippen LogP contribution in [0.5, 0.6) is 5.75 Å². The van der Waals surface area contributed by atoms with Crippen LogP contribution in [0.3, 0.4) is 0 Å². The summed E-state index contributed by atoms with van der Waals surface area (Å²) in [6.45, 7) is 0. The van der Waals surface area contributed by atoms with Gasteiger partial charge in [-0.05, 0) is 43.9 Å². The third-order valence-corrected chi connectivity index (χ3v) is 3.44. The standard InChI is InChI=1S/C14H17ClO3/c1-17-13-9-10(15)7-8-12(13)14(16)18-11-5-3-2-4-6-11/h7-9,11H,2-6H2,1H3. The van der Waals surface area contributed by atoms with Crippen molar-refractivity contribution in [3.8, 4) is 5.75 Å². The predicted octanol–water partition coefficient (Wildman–Crippen LogP) is 3.84. The van der Waals surface area contributed by atoms with Gasteiger partial charge >= 0.3 is 5.97 Å². The van der Waals surface area contributed by atoms with Gasteiger partial charge in [0.15, 0.2) is 0 Å². The van der Waals surface area contributed by atoms with Crippen molar-refractivity contribution in [3.63, 3.8) is 0 Å². The number of carbonyl (C=O) groups is 1. The summed E-state index contributed by atoms with van der Waals surface area (Å²) in [6, 6.07) is 4.94. The van der Waals surface area contributed by atoms with Crippen molar-refractivity contribution < 1.29 is 14.3 Å². The summed E-state index contributed by atoms with van der Waals surface area (Å²) in [5.41, 5.74) is 0.437. The van der Waals surface area contributed by atoms with E-state index in [0.717, 1.165) is 25.7 Å². The molecule has 0 unspecified atom stereocenters. The van der Waals surface area contributed by atoms with Crippen molar-refractivity contribution >= 4 is 17.6 Å². The van der Waals surface area contributed by atoms with E-state index in [4.69, 9.17) is 21.1 Å². The maximum absolute atomic E-state index is 12.1. The second-order valence-corrected chi connectivity index (χ2v) is 4.95. The third-order valence-electron chi connectivity index (χ3n) is 3.21. The topological polar surface area (TPSA) is 35.5 Å². The van der Waals surface area contributed by atoms with Crippen LogP contribution in [0.15, 0.2) is 18.2 Å². The molecule has 0 aliphatic heterocycles. The second kappa shape index (κ2) is 6.10. The molecule has 0 radical (unpaired) electrons. The molecule has 98 valence electrons. The molecule has 1 aromatic carbocycles. The van der Waals surface area contributed by atoms with Gasteiger partial charge in [0.1, 0.15) is 17.4 Å². The van der Waals surface area contributed by atoms with Gasteiger partial charge in [-0.25, -0.2) is 4.79 Å². The lowest BCUT2D eigenvalue weighted by molar-refractivity contribution is 0.0208. The molecule has 1 fully saturated rings. The Kier molecular flexibility index (Phi) is 4.48. The number of hydrogen-bond acceptors (Lipinski definition) is 3. The molecule has 1 saturated carbocycles. The Morgan fingerprint density at radius 1 is 1.28 bits per heavy atom. The molecule has 3 nitrogen and oxygen atoms in total. The summed E-state index contributed by atoms with van der Waals surface area (Å²) in [4.78, 5) is 12.1. The summed E-state index contributed by atoms with van der Waals surface area (Å²) in [5.74, 6) is 0.138. The van der Waals surface area contributed by atoms with Crippen molar-refractivity contribution in [1.82, 2.24) is 0 Å². The molecular formula is C14H17ClO3. The van der Waals surface area contributed by atoms with E-state index in [1.54, 1.807) is 18.2 Å². The number of halogens is 1. The molecule has 0 N–H and O–H groups in total. The van der Waals surface area contributed by atoms with Gasteiger partial charge in [-0.15, -0.1) is 0 Å². The zero-order valence-corrected chi connectivity index (χ0v) is 11.2. The molecule has 0 bridgehead atoms. The Bertz CT molecular complexity index is 425. The number of benzene rings is 1. The van der Waals surface area contributed by atoms with Gasteiger partial charge in [0.05, 0.1) is 7.11 Å². The number of esters is 1. The summed E-state index contributed by atoms with van der Waals surface area (Å²) in [6.07, 6.45) is 5.47. The van der Waals surface area contributed by atoms with Crippen molar-refractivity contribution in [1.29, 1.82) is 0 Å². The Morgan fingerprint density at radius 2 is 2.00 bits per heavy atom. The van der Waals surface area contributed by atoms with Crippen LogP contribution in [-0.2, 0) is 4.74 Å². The minimum absolute atomic E-state index is 0.0478. The normalized spacial score (nSPS) is 16.3. The quantitative estimate of drug-likeness (QED) is 0.782. The summed E-state index contributed by atoms with van der Waals surface area (Å²) in [7, 11) is 1.52. The van der Waals surface area contributed by atoms with E-state index in [2.05, 4.69) is 0 Å². The van der Waals surface area contributed by atoms with Crippen LogP contribution in [0.1, 0.15) is 42.5 Å². The second-order valence-electron chi connectivity index (χ2n) is 4.51. The molecule has 0 saturated heterocycles. The highest BCUT2D eigenvalue weighted by Gasteiger charge is 2.21. The molecule has 0 atom stereocenters. The zero-order chi connectivity index (χ0) is 13.0. The van der Waals surface area contributed by atoms with Crippen LogP contribution >= 0.6 is 11.6 Å². The number of ether oxygens (including phenoxy) is 2. The first-order valence-electron chi connectivity index (χ1n) is 6.25. The van der Waals surface area contributed by atoms with Crippen molar-refractivity contribution in [2.24, 2.45) is 0 Å². The van der Waals surface area contributed by atoms with Gasteiger partial charge in [-0.1, -0.05) is 18.0 Å². The molecule has 0 heterocycles. The molecule has 2 rings (SSSR count). The first-order chi connectivity index (χ1) is 8.70. The van der Waals surface area contributed by atoms with E-state index in [9.17, 15) is 4.79 Å². The summed E-state index contributed by atoms with van der Waals surface area (Å²) >= 11 is 5.86. The van der Waals surface area contributed by atoms with Gasteiger partial charge in [-0.3, -0.25) is 0 Å². The fourth-order valence-electron chi connectivity index (χ4n) is 2.23. The Hall–Kier alpha value is -1.22. The first kappa shape index (κ1) is 13.2. The van der Waals surface area contributed by atoms with Gasteiger partial charge in [0.2, 0.25) is 0 Å². The Morgan fingerprint density at radius 3 is 2.67 bits per heavy atom. The fourth-order valence-corrected chi connectivity index (χ4v) is 2.39. The van der Waals surface area contributed by atoms with E-state index < -0.39 is 0 Å². The molecule has 4 heteroatoms. The molecule has 1 aliphatic rings. The summed E-state index contributed by atoms with van der Waals surface area (Å²) < 4.78 is 10.6. The van der Waals surface area contributed by atoms with Gasteiger partial charge in [-0.2, -0.15) is 0 Å². The van der Waals surface area contributed by atoms with Gasteiger partial charge < -0.3 is 9.47 Å². The Balaban J connectivity index is 2.08. The number of rotatable bonds is 3. The number of carbonyl (C=O) groups excluding carboxylic acids is 1. The largest absolute Gasteiger partial charge is 0.496 e. The minimum Gasteiger partial charge on any atom is -0.496 e. The van der Waals surface area contributed by atoms with Crippen LogP contribution < -0.4 is 4.74 Å². The molecule has 0 spiro atoms. The van der Waals surface area contributed by atoms with Crippen molar-refractivity contribution in [2.75, 3.05) is 7.11 Å².